The number of nitrogen functional groups attached to an aromatic ring is 1. The summed E-state index contributed by atoms with van der Waals surface area (Å²) in [5.41, 5.74) is 8.53. The zero-order chi connectivity index (χ0) is 12.1. The molecule has 0 spiro atoms. The number of carbonyl (C=O) groups excluding carboxylic acids is 1. The van der Waals surface area contributed by atoms with E-state index < -0.39 is 0 Å². The first-order valence-electron chi connectivity index (χ1n) is 5.62. The van der Waals surface area contributed by atoms with Crippen LogP contribution in [0.5, 0.6) is 0 Å². The van der Waals surface area contributed by atoms with E-state index in [2.05, 4.69) is 0 Å². The summed E-state index contributed by atoms with van der Waals surface area (Å²) in [6, 6.07) is 5.74. The molecular weight excluding hydrogens is 202 g/mol. The van der Waals surface area contributed by atoms with Gasteiger partial charge in [0.2, 0.25) is 0 Å². The molecule has 1 atom stereocenters. The van der Waals surface area contributed by atoms with Crippen LogP contribution in [0.25, 0.3) is 0 Å². The van der Waals surface area contributed by atoms with E-state index in [0.717, 1.165) is 11.1 Å². The van der Waals surface area contributed by atoms with Crippen LogP contribution in [-0.2, 0) is 9.53 Å². The lowest BCUT2D eigenvalue weighted by Gasteiger charge is -2.16. The number of aryl methyl sites for hydroxylation is 1. The molecule has 88 valence electrons. The fourth-order valence-corrected chi connectivity index (χ4v) is 1.75. The number of benzene rings is 1. The third-order valence-corrected chi connectivity index (χ3v) is 2.60. The van der Waals surface area contributed by atoms with Crippen molar-refractivity contribution in [1.82, 2.24) is 0 Å². The van der Waals surface area contributed by atoms with Gasteiger partial charge in [-0.25, -0.2) is 0 Å². The topological polar surface area (TPSA) is 52.3 Å². The molecular formula is C13H19NO2. The molecule has 0 fully saturated rings. The molecule has 0 aliphatic carbocycles. The zero-order valence-corrected chi connectivity index (χ0v) is 10.1. The fraction of sp³-hybridized carbons (Fsp3) is 0.462. The van der Waals surface area contributed by atoms with E-state index in [9.17, 15) is 4.79 Å². The minimum atomic E-state index is -0.250. The summed E-state index contributed by atoms with van der Waals surface area (Å²) in [5.74, 6) is -0.442. The molecule has 0 saturated carbocycles. The summed E-state index contributed by atoms with van der Waals surface area (Å²) in [5, 5.41) is 0. The van der Waals surface area contributed by atoms with Crippen molar-refractivity contribution < 1.29 is 9.53 Å². The van der Waals surface area contributed by atoms with Gasteiger partial charge in [-0.05, 0) is 31.9 Å². The predicted octanol–water partition coefficient (Wildman–Crippen LogP) is 2.63. The molecule has 1 aromatic rings. The monoisotopic (exact) mass is 221 g/mol. The van der Waals surface area contributed by atoms with E-state index in [-0.39, 0.29) is 11.9 Å². The highest BCUT2D eigenvalue weighted by Crippen LogP contribution is 2.27. The van der Waals surface area contributed by atoms with E-state index in [1.54, 1.807) is 0 Å². The van der Waals surface area contributed by atoms with Gasteiger partial charge in [0.25, 0.3) is 0 Å². The molecule has 3 nitrogen and oxygen atoms in total. The van der Waals surface area contributed by atoms with Gasteiger partial charge in [0, 0.05) is 5.69 Å². The third-order valence-electron chi connectivity index (χ3n) is 2.60. The largest absolute Gasteiger partial charge is 0.466 e. The summed E-state index contributed by atoms with van der Waals surface area (Å²) in [6.45, 7) is 6.16. The van der Waals surface area contributed by atoms with Gasteiger partial charge in [-0.1, -0.05) is 24.6 Å². The second-order valence-electron chi connectivity index (χ2n) is 3.85. The molecule has 2 N–H and O–H groups in total. The first-order valence-corrected chi connectivity index (χ1v) is 5.62. The van der Waals surface area contributed by atoms with Crippen LogP contribution in [0.1, 0.15) is 37.3 Å². The molecule has 0 bridgehead atoms. The molecule has 1 aromatic carbocycles. The van der Waals surface area contributed by atoms with Crippen LogP contribution in [0.2, 0.25) is 0 Å². The van der Waals surface area contributed by atoms with Crippen molar-refractivity contribution in [3.05, 3.63) is 29.3 Å². The average molecular weight is 221 g/mol. The third kappa shape index (κ3) is 2.75. The first-order chi connectivity index (χ1) is 7.60. The van der Waals surface area contributed by atoms with Crippen molar-refractivity contribution in [2.24, 2.45) is 0 Å². The van der Waals surface area contributed by atoms with Crippen LogP contribution in [-0.4, -0.2) is 12.6 Å². The zero-order valence-electron chi connectivity index (χ0n) is 10.1. The van der Waals surface area contributed by atoms with Gasteiger partial charge in [-0.3, -0.25) is 4.79 Å². The predicted molar refractivity (Wildman–Crippen MR) is 65.3 cm³/mol. The summed E-state index contributed by atoms with van der Waals surface area (Å²) in [7, 11) is 0. The van der Waals surface area contributed by atoms with Crippen molar-refractivity contribution >= 4 is 11.7 Å². The Morgan fingerprint density at radius 1 is 1.44 bits per heavy atom. The van der Waals surface area contributed by atoms with Crippen LogP contribution < -0.4 is 5.73 Å². The van der Waals surface area contributed by atoms with Crippen LogP contribution in [0.4, 0.5) is 5.69 Å². The molecule has 0 aliphatic rings. The molecule has 1 unspecified atom stereocenters. The smallest absolute Gasteiger partial charge is 0.313 e. The summed E-state index contributed by atoms with van der Waals surface area (Å²) in [4.78, 5) is 11.8. The number of hydrogen-bond acceptors (Lipinski definition) is 3. The highest BCUT2D eigenvalue weighted by atomic mass is 16.5. The highest BCUT2D eigenvalue weighted by Gasteiger charge is 2.21. The summed E-state index contributed by atoms with van der Waals surface area (Å²) < 4.78 is 5.05. The van der Waals surface area contributed by atoms with Gasteiger partial charge in [-0.2, -0.15) is 0 Å². The number of nitrogens with two attached hydrogens (primary N) is 1. The molecule has 1 rings (SSSR count). The summed E-state index contributed by atoms with van der Waals surface area (Å²) >= 11 is 0. The molecule has 0 saturated heterocycles. The molecule has 0 aliphatic heterocycles. The molecule has 0 amide bonds. The Morgan fingerprint density at radius 3 is 2.69 bits per heavy atom. The van der Waals surface area contributed by atoms with E-state index >= 15 is 0 Å². The van der Waals surface area contributed by atoms with Crippen LogP contribution >= 0.6 is 0 Å². The van der Waals surface area contributed by atoms with E-state index in [1.165, 1.54) is 0 Å². The van der Waals surface area contributed by atoms with Crippen LogP contribution in [0.15, 0.2) is 18.2 Å². The van der Waals surface area contributed by atoms with Crippen molar-refractivity contribution in [2.75, 3.05) is 12.3 Å². The Morgan fingerprint density at radius 2 is 2.12 bits per heavy atom. The van der Waals surface area contributed by atoms with Crippen molar-refractivity contribution in [2.45, 2.75) is 33.1 Å². The normalized spacial score (nSPS) is 12.2. The number of carbonyl (C=O) groups is 1. The maximum Gasteiger partial charge on any atom is 0.313 e. The van der Waals surface area contributed by atoms with Gasteiger partial charge in [0.1, 0.15) is 0 Å². The second kappa shape index (κ2) is 5.54. The average Bonchev–Trinajstić information content (AvgIpc) is 2.24. The Bertz CT molecular complexity index is 374. The molecule has 0 heterocycles. The molecule has 0 aromatic heterocycles. The van der Waals surface area contributed by atoms with E-state index in [4.69, 9.17) is 10.5 Å². The number of hydrogen-bond donors (Lipinski definition) is 1. The van der Waals surface area contributed by atoms with Gasteiger partial charge in [0.05, 0.1) is 12.5 Å². The fourth-order valence-electron chi connectivity index (χ4n) is 1.75. The van der Waals surface area contributed by atoms with Gasteiger partial charge < -0.3 is 10.5 Å². The number of esters is 1. The second-order valence-corrected chi connectivity index (χ2v) is 3.85. The number of anilines is 1. The lowest BCUT2D eigenvalue weighted by molar-refractivity contribution is -0.145. The van der Waals surface area contributed by atoms with Crippen LogP contribution in [0, 0.1) is 6.92 Å². The molecule has 3 heteroatoms. The minimum absolute atomic E-state index is 0.192. The van der Waals surface area contributed by atoms with Gasteiger partial charge in [0.15, 0.2) is 0 Å². The summed E-state index contributed by atoms with van der Waals surface area (Å²) in [6.07, 6.45) is 0.701. The maximum absolute atomic E-state index is 11.8. The standard InChI is InChI=1S/C13H19NO2/c1-4-10(13(15)16-5-2)11-8-9(3)6-7-12(11)14/h6-8,10H,4-5,14H2,1-3H3. The van der Waals surface area contributed by atoms with Gasteiger partial charge >= 0.3 is 5.97 Å². The first kappa shape index (κ1) is 12.6. The van der Waals surface area contributed by atoms with Gasteiger partial charge in [-0.15, -0.1) is 0 Å². The number of rotatable bonds is 4. The lowest BCUT2D eigenvalue weighted by Crippen LogP contribution is -2.16. The Kier molecular flexibility index (Phi) is 4.35. The Labute approximate surface area is 96.6 Å². The lowest BCUT2D eigenvalue weighted by atomic mass is 9.93. The maximum atomic E-state index is 11.8. The molecule has 0 radical (unpaired) electrons. The Balaban J connectivity index is 3.03. The Hall–Kier alpha value is -1.51. The SMILES string of the molecule is CCOC(=O)C(CC)c1cc(C)ccc1N. The van der Waals surface area contributed by atoms with Crippen molar-refractivity contribution in [1.29, 1.82) is 0 Å². The van der Waals surface area contributed by atoms with Crippen molar-refractivity contribution in [3.63, 3.8) is 0 Å². The number of ether oxygens (including phenoxy) is 1. The minimum Gasteiger partial charge on any atom is -0.466 e. The van der Waals surface area contributed by atoms with Crippen molar-refractivity contribution in [3.8, 4) is 0 Å². The highest BCUT2D eigenvalue weighted by molar-refractivity contribution is 5.80. The quantitative estimate of drug-likeness (QED) is 0.628. The van der Waals surface area contributed by atoms with E-state index in [0.29, 0.717) is 18.7 Å². The van der Waals surface area contributed by atoms with E-state index in [1.807, 2.05) is 39.0 Å². The molecule has 16 heavy (non-hydrogen) atoms. The van der Waals surface area contributed by atoms with Crippen LogP contribution in [0.3, 0.4) is 0 Å².